The minimum atomic E-state index is 0.707. The summed E-state index contributed by atoms with van der Waals surface area (Å²) in [6.07, 6.45) is 9.83. The second kappa shape index (κ2) is 7.79. The average Bonchev–Trinajstić information content (AvgIpc) is 2.70. The summed E-state index contributed by atoms with van der Waals surface area (Å²) in [5.74, 6) is 1.69. The minimum absolute atomic E-state index is 0.707. The molecular formula is C18H36N2. The highest BCUT2D eigenvalue weighted by atomic mass is 15.3. The molecule has 1 aliphatic carbocycles. The number of hydrogen-bond donors (Lipinski definition) is 1. The molecular weight excluding hydrogens is 244 g/mol. The summed E-state index contributed by atoms with van der Waals surface area (Å²) < 4.78 is 0. The Morgan fingerprint density at radius 1 is 1.15 bits per heavy atom. The summed E-state index contributed by atoms with van der Waals surface area (Å²) in [4.78, 5) is 2.91. The van der Waals surface area contributed by atoms with Crippen molar-refractivity contribution in [2.24, 2.45) is 11.8 Å². The summed E-state index contributed by atoms with van der Waals surface area (Å²) in [5, 5.41) is 3.83. The van der Waals surface area contributed by atoms with Gasteiger partial charge < -0.3 is 5.32 Å². The summed E-state index contributed by atoms with van der Waals surface area (Å²) in [7, 11) is 0. The number of hydrogen-bond acceptors (Lipinski definition) is 2. The highest BCUT2D eigenvalue weighted by Crippen LogP contribution is 2.31. The van der Waals surface area contributed by atoms with Crippen molar-refractivity contribution >= 4 is 0 Å². The van der Waals surface area contributed by atoms with Crippen LogP contribution in [0.15, 0.2) is 0 Å². The molecule has 0 aromatic heterocycles. The van der Waals surface area contributed by atoms with Crippen molar-refractivity contribution in [2.45, 2.75) is 90.8 Å². The first-order valence-electron chi connectivity index (χ1n) is 9.16. The van der Waals surface area contributed by atoms with Crippen LogP contribution < -0.4 is 5.32 Å². The van der Waals surface area contributed by atoms with Crippen LogP contribution >= 0.6 is 0 Å². The van der Waals surface area contributed by atoms with Crippen molar-refractivity contribution in [3.63, 3.8) is 0 Å². The van der Waals surface area contributed by atoms with Gasteiger partial charge in [-0.15, -0.1) is 0 Å². The van der Waals surface area contributed by atoms with Gasteiger partial charge in [-0.05, 0) is 31.1 Å². The zero-order chi connectivity index (χ0) is 14.5. The van der Waals surface area contributed by atoms with Crippen LogP contribution in [0.25, 0.3) is 0 Å². The molecule has 1 heterocycles. The van der Waals surface area contributed by atoms with Crippen LogP contribution in [0.2, 0.25) is 0 Å². The Balaban J connectivity index is 2.07. The zero-order valence-electron chi connectivity index (χ0n) is 14.2. The Morgan fingerprint density at radius 3 is 2.60 bits per heavy atom. The molecule has 0 aromatic carbocycles. The van der Waals surface area contributed by atoms with Crippen molar-refractivity contribution in [2.75, 3.05) is 13.1 Å². The Labute approximate surface area is 126 Å². The maximum atomic E-state index is 3.83. The molecule has 0 aromatic rings. The molecule has 2 rings (SSSR count). The van der Waals surface area contributed by atoms with Crippen molar-refractivity contribution in [1.82, 2.24) is 10.2 Å². The third-order valence-corrected chi connectivity index (χ3v) is 6.04. The molecule has 1 saturated carbocycles. The van der Waals surface area contributed by atoms with E-state index in [-0.39, 0.29) is 0 Å². The van der Waals surface area contributed by atoms with Crippen LogP contribution in [-0.4, -0.2) is 36.1 Å². The second-order valence-corrected chi connectivity index (χ2v) is 7.34. The number of nitrogens with one attached hydrogen (secondary N) is 1. The predicted molar refractivity (Wildman–Crippen MR) is 88.1 cm³/mol. The molecule has 118 valence electrons. The van der Waals surface area contributed by atoms with E-state index in [1.807, 2.05) is 0 Å². The van der Waals surface area contributed by atoms with Crippen LogP contribution in [0.1, 0.15) is 72.6 Å². The molecule has 2 heteroatoms. The van der Waals surface area contributed by atoms with Gasteiger partial charge in [0.2, 0.25) is 0 Å². The SMILES string of the molecule is CCC(C)C1CN(C2CCCCCC2C)C(CC)CN1. The third-order valence-electron chi connectivity index (χ3n) is 6.04. The van der Waals surface area contributed by atoms with Gasteiger partial charge in [-0.2, -0.15) is 0 Å². The van der Waals surface area contributed by atoms with Crippen molar-refractivity contribution in [3.8, 4) is 0 Å². The average molecular weight is 280 g/mol. The maximum absolute atomic E-state index is 3.83. The van der Waals surface area contributed by atoms with E-state index in [1.165, 1.54) is 58.0 Å². The first-order chi connectivity index (χ1) is 9.67. The van der Waals surface area contributed by atoms with E-state index in [2.05, 4.69) is 37.9 Å². The summed E-state index contributed by atoms with van der Waals surface area (Å²) >= 11 is 0. The van der Waals surface area contributed by atoms with Crippen molar-refractivity contribution < 1.29 is 0 Å². The molecule has 0 amide bonds. The number of nitrogens with zero attached hydrogens (tertiary/aromatic N) is 1. The highest BCUT2D eigenvalue weighted by molar-refractivity contribution is 4.93. The lowest BCUT2D eigenvalue weighted by atomic mass is 9.89. The molecule has 2 aliphatic rings. The van der Waals surface area contributed by atoms with Gasteiger partial charge in [0.15, 0.2) is 0 Å². The van der Waals surface area contributed by atoms with E-state index in [9.17, 15) is 0 Å². The van der Waals surface area contributed by atoms with Crippen LogP contribution in [0.5, 0.6) is 0 Å². The fraction of sp³-hybridized carbons (Fsp3) is 1.00. The van der Waals surface area contributed by atoms with E-state index in [0.29, 0.717) is 6.04 Å². The molecule has 20 heavy (non-hydrogen) atoms. The standard InChI is InChI=1S/C18H36N2/c1-5-14(3)17-13-20(16(6-2)12-19-17)18-11-9-7-8-10-15(18)4/h14-19H,5-13H2,1-4H3. The summed E-state index contributed by atoms with van der Waals surface area (Å²) in [6.45, 7) is 12.1. The lowest BCUT2D eigenvalue weighted by Gasteiger charge is -2.47. The Bertz CT molecular complexity index is 279. The van der Waals surface area contributed by atoms with Crippen molar-refractivity contribution in [1.29, 1.82) is 0 Å². The third kappa shape index (κ3) is 3.76. The molecule has 5 atom stereocenters. The predicted octanol–water partition coefficient (Wildman–Crippen LogP) is 4.05. The number of rotatable bonds is 4. The molecule has 0 radical (unpaired) electrons. The second-order valence-electron chi connectivity index (χ2n) is 7.34. The fourth-order valence-corrected chi connectivity index (χ4v) is 4.26. The monoisotopic (exact) mass is 280 g/mol. The quantitative estimate of drug-likeness (QED) is 0.781. The lowest BCUT2D eigenvalue weighted by molar-refractivity contribution is 0.0375. The van der Waals surface area contributed by atoms with Crippen LogP contribution in [0.3, 0.4) is 0 Å². The van der Waals surface area contributed by atoms with Gasteiger partial charge in [-0.1, -0.05) is 53.4 Å². The lowest BCUT2D eigenvalue weighted by Crippen LogP contribution is -2.61. The van der Waals surface area contributed by atoms with Gasteiger partial charge in [0.05, 0.1) is 0 Å². The highest BCUT2D eigenvalue weighted by Gasteiger charge is 2.35. The first-order valence-corrected chi connectivity index (χ1v) is 9.16. The van der Waals surface area contributed by atoms with Gasteiger partial charge >= 0.3 is 0 Å². The largest absolute Gasteiger partial charge is 0.311 e. The van der Waals surface area contributed by atoms with E-state index >= 15 is 0 Å². The van der Waals surface area contributed by atoms with Gasteiger partial charge in [-0.3, -0.25) is 4.90 Å². The van der Waals surface area contributed by atoms with Crippen molar-refractivity contribution in [3.05, 3.63) is 0 Å². The molecule has 2 fully saturated rings. The summed E-state index contributed by atoms with van der Waals surface area (Å²) in [6, 6.07) is 2.32. The van der Waals surface area contributed by atoms with E-state index < -0.39 is 0 Å². The van der Waals surface area contributed by atoms with Gasteiger partial charge in [-0.25, -0.2) is 0 Å². The van der Waals surface area contributed by atoms with E-state index in [0.717, 1.165) is 23.9 Å². The molecule has 5 unspecified atom stereocenters. The van der Waals surface area contributed by atoms with Gasteiger partial charge in [0.25, 0.3) is 0 Å². The number of piperazine rings is 1. The Morgan fingerprint density at radius 2 is 1.90 bits per heavy atom. The molecule has 1 N–H and O–H groups in total. The fourth-order valence-electron chi connectivity index (χ4n) is 4.26. The maximum Gasteiger partial charge on any atom is 0.0221 e. The Hall–Kier alpha value is -0.0800. The minimum Gasteiger partial charge on any atom is -0.311 e. The van der Waals surface area contributed by atoms with Crippen LogP contribution in [0.4, 0.5) is 0 Å². The van der Waals surface area contributed by atoms with Crippen LogP contribution in [0, 0.1) is 11.8 Å². The van der Waals surface area contributed by atoms with Crippen LogP contribution in [-0.2, 0) is 0 Å². The normalized spacial score (nSPS) is 38.4. The first kappa shape index (κ1) is 16.3. The molecule has 0 bridgehead atoms. The molecule has 0 spiro atoms. The molecule has 1 aliphatic heterocycles. The van der Waals surface area contributed by atoms with Gasteiger partial charge in [0, 0.05) is 31.2 Å². The zero-order valence-corrected chi connectivity index (χ0v) is 14.2. The smallest absolute Gasteiger partial charge is 0.0221 e. The van der Waals surface area contributed by atoms with Gasteiger partial charge in [0.1, 0.15) is 0 Å². The molecule has 2 nitrogen and oxygen atoms in total. The van der Waals surface area contributed by atoms with E-state index in [4.69, 9.17) is 0 Å². The summed E-state index contributed by atoms with van der Waals surface area (Å²) in [5.41, 5.74) is 0. The topological polar surface area (TPSA) is 15.3 Å². The molecule has 1 saturated heterocycles. The van der Waals surface area contributed by atoms with E-state index in [1.54, 1.807) is 0 Å². The Kier molecular flexibility index (Phi) is 6.35.